The van der Waals surface area contributed by atoms with Gasteiger partial charge in [-0.1, -0.05) is 0 Å². The highest BCUT2D eigenvalue weighted by atomic mass is 32.1. The summed E-state index contributed by atoms with van der Waals surface area (Å²) in [6.07, 6.45) is 1.41. The number of nitrogens with zero attached hydrogens (tertiary/aromatic N) is 3. The van der Waals surface area contributed by atoms with Gasteiger partial charge in [0, 0.05) is 25.3 Å². The molecule has 2 amide bonds. The lowest BCUT2D eigenvalue weighted by Crippen LogP contribution is -2.22. The van der Waals surface area contributed by atoms with E-state index in [9.17, 15) is 9.59 Å². The predicted molar refractivity (Wildman–Crippen MR) is 96.0 cm³/mol. The lowest BCUT2D eigenvalue weighted by Gasteiger charge is -2.11. The van der Waals surface area contributed by atoms with Gasteiger partial charge in [-0.2, -0.15) is 0 Å². The molecule has 0 saturated heterocycles. The first-order valence-electron chi connectivity index (χ1n) is 7.47. The summed E-state index contributed by atoms with van der Waals surface area (Å²) in [5.74, 6) is -0.0215. The standard InChI is InChI=1S/C17H16N4O3S/c1-21(2)17(23)11-3-5-12(6-4-11)20-14(22)9-24-15-13-7-8-25-16(13)19-10-18-15/h3-8,10H,9H2,1-2H3,(H,20,22). The fourth-order valence-corrected chi connectivity index (χ4v) is 2.89. The van der Waals surface area contributed by atoms with E-state index in [1.54, 1.807) is 38.4 Å². The SMILES string of the molecule is CN(C)C(=O)c1ccc(NC(=O)COc2ncnc3sccc23)cc1. The molecule has 3 aromatic rings. The lowest BCUT2D eigenvalue weighted by molar-refractivity contribution is -0.118. The average molecular weight is 356 g/mol. The van der Waals surface area contributed by atoms with E-state index >= 15 is 0 Å². The van der Waals surface area contributed by atoms with E-state index in [-0.39, 0.29) is 18.4 Å². The van der Waals surface area contributed by atoms with Crippen molar-refractivity contribution in [2.45, 2.75) is 0 Å². The Morgan fingerprint density at radius 2 is 1.92 bits per heavy atom. The highest BCUT2D eigenvalue weighted by molar-refractivity contribution is 7.16. The summed E-state index contributed by atoms with van der Waals surface area (Å²) in [5, 5.41) is 5.40. The Morgan fingerprint density at radius 3 is 2.64 bits per heavy atom. The van der Waals surface area contributed by atoms with Gasteiger partial charge in [-0.15, -0.1) is 11.3 Å². The maximum Gasteiger partial charge on any atom is 0.262 e. The zero-order valence-corrected chi connectivity index (χ0v) is 14.5. The smallest absolute Gasteiger partial charge is 0.262 e. The van der Waals surface area contributed by atoms with Crippen LogP contribution in [0.25, 0.3) is 10.2 Å². The highest BCUT2D eigenvalue weighted by Gasteiger charge is 2.10. The van der Waals surface area contributed by atoms with Crippen molar-refractivity contribution in [3.05, 3.63) is 47.6 Å². The largest absolute Gasteiger partial charge is 0.467 e. The Labute approximate surface area is 148 Å². The van der Waals surface area contributed by atoms with Crippen molar-refractivity contribution in [2.24, 2.45) is 0 Å². The quantitative estimate of drug-likeness (QED) is 0.759. The maximum atomic E-state index is 12.0. The van der Waals surface area contributed by atoms with Crippen LogP contribution in [0.1, 0.15) is 10.4 Å². The molecule has 0 unspecified atom stereocenters. The van der Waals surface area contributed by atoms with Crippen molar-refractivity contribution >= 4 is 39.1 Å². The summed E-state index contributed by atoms with van der Waals surface area (Å²) in [7, 11) is 3.37. The summed E-state index contributed by atoms with van der Waals surface area (Å²) < 4.78 is 5.49. The molecule has 0 atom stereocenters. The molecule has 0 fully saturated rings. The predicted octanol–water partition coefficient (Wildman–Crippen LogP) is 2.41. The fourth-order valence-electron chi connectivity index (χ4n) is 2.17. The van der Waals surface area contributed by atoms with Crippen LogP contribution < -0.4 is 10.1 Å². The molecule has 2 aromatic heterocycles. The molecule has 3 rings (SSSR count). The molecule has 0 spiro atoms. The molecule has 25 heavy (non-hydrogen) atoms. The van der Waals surface area contributed by atoms with E-state index in [4.69, 9.17) is 4.74 Å². The van der Waals surface area contributed by atoms with E-state index in [0.29, 0.717) is 17.1 Å². The summed E-state index contributed by atoms with van der Waals surface area (Å²) in [6, 6.07) is 8.54. The van der Waals surface area contributed by atoms with Crippen molar-refractivity contribution in [1.29, 1.82) is 0 Å². The van der Waals surface area contributed by atoms with Crippen molar-refractivity contribution in [3.63, 3.8) is 0 Å². The van der Waals surface area contributed by atoms with Gasteiger partial charge in [-0.25, -0.2) is 9.97 Å². The zero-order valence-electron chi connectivity index (χ0n) is 13.7. The van der Waals surface area contributed by atoms with Gasteiger partial charge in [-0.3, -0.25) is 9.59 Å². The van der Waals surface area contributed by atoms with Crippen LogP contribution >= 0.6 is 11.3 Å². The van der Waals surface area contributed by atoms with Crippen molar-refractivity contribution in [1.82, 2.24) is 14.9 Å². The molecule has 0 saturated carbocycles. The summed E-state index contributed by atoms with van der Waals surface area (Å²) >= 11 is 1.48. The van der Waals surface area contributed by atoms with Gasteiger partial charge in [-0.05, 0) is 35.7 Å². The third kappa shape index (κ3) is 3.92. The number of fused-ring (bicyclic) bond motifs is 1. The summed E-state index contributed by atoms with van der Waals surface area (Å²) in [5.41, 5.74) is 1.15. The van der Waals surface area contributed by atoms with Gasteiger partial charge in [0.25, 0.3) is 11.8 Å². The summed E-state index contributed by atoms with van der Waals surface area (Å²) in [4.78, 5) is 34.4. The van der Waals surface area contributed by atoms with Crippen molar-refractivity contribution < 1.29 is 14.3 Å². The van der Waals surface area contributed by atoms with Crippen LogP contribution in [0.4, 0.5) is 5.69 Å². The number of anilines is 1. The van der Waals surface area contributed by atoms with Gasteiger partial charge in [0.15, 0.2) is 6.61 Å². The topological polar surface area (TPSA) is 84.4 Å². The number of rotatable bonds is 5. The molecule has 1 aromatic carbocycles. The molecule has 0 aliphatic heterocycles. The van der Waals surface area contributed by atoms with Gasteiger partial charge in [0.2, 0.25) is 5.88 Å². The Balaban J connectivity index is 1.59. The van der Waals surface area contributed by atoms with E-state index in [1.807, 2.05) is 11.4 Å². The number of benzene rings is 1. The second-order valence-electron chi connectivity index (χ2n) is 5.43. The second-order valence-corrected chi connectivity index (χ2v) is 6.33. The number of amides is 2. The first kappa shape index (κ1) is 16.8. The van der Waals surface area contributed by atoms with Crippen molar-refractivity contribution in [2.75, 3.05) is 26.0 Å². The van der Waals surface area contributed by atoms with Gasteiger partial charge >= 0.3 is 0 Å². The molecule has 2 heterocycles. The molecule has 1 N–H and O–H groups in total. The highest BCUT2D eigenvalue weighted by Crippen LogP contribution is 2.25. The second kappa shape index (κ2) is 7.27. The Morgan fingerprint density at radius 1 is 1.16 bits per heavy atom. The molecule has 8 heteroatoms. The molecule has 7 nitrogen and oxygen atoms in total. The van der Waals surface area contributed by atoms with Crippen LogP contribution in [0.15, 0.2) is 42.0 Å². The molecule has 128 valence electrons. The number of hydrogen-bond acceptors (Lipinski definition) is 6. The third-order valence-corrected chi connectivity index (χ3v) is 4.21. The van der Waals surface area contributed by atoms with Crippen LogP contribution in [-0.2, 0) is 4.79 Å². The van der Waals surface area contributed by atoms with Gasteiger partial charge in [0.1, 0.15) is 11.2 Å². The normalized spacial score (nSPS) is 10.5. The van der Waals surface area contributed by atoms with E-state index < -0.39 is 0 Å². The number of aromatic nitrogens is 2. The zero-order chi connectivity index (χ0) is 17.8. The van der Waals surface area contributed by atoms with Crippen LogP contribution in [0.5, 0.6) is 5.88 Å². The van der Waals surface area contributed by atoms with Crippen molar-refractivity contribution in [3.8, 4) is 5.88 Å². The van der Waals surface area contributed by atoms with E-state index in [0.717, 1.165) is 10.2 Å². The van der Waals surface area contributed by atoms with E-state index in [1.165, 1.54) is 22.6 Å². The molecular formula is C17H16N4O3S. The lowest BCUT2D eigenvalue weighted by atomic mass is 10.2. The Hall–Kier alpha value is -3.00. The van der Waals surface area contributed by atoms with Gasteiger partial charge < -0.3 is 15.0 Å². The fraction of sp³-hybridized carbons (Fsp3) is 0.176. The average Bonchev–Trinajstić information content (AvgIpc) is 3.09. The maximum absolute atomic E-state index is 12.0. The minimum absolute atomic E-state index is 0.0928. The number of thiophene rings is 1. The van der Waals surface area contributed by atoms with Crippen LogP contribution in [0, 0.1) is 0 Å². The first-order valence-corrected chi connectivity index (χ1v) is 8.35. The number of nitrogens with one attached hydrogen (secondary N) is 1. The monoisotopic (exact) mass is 356 g/mol. The summed E-state index contributed by atoms with van der Waals surface area (Å²) in [6.45, 7) is -0.166. The molecule has 0 bridgehead atoms. The first-order chi connectivity index (χ1) is 12.0. The number of carbonyl (C=O) groups is 2. The Bertz CT molecular complexity index is 906. The number of ether oxygens (including phenoxy) is 1. The molecular weight excluding hydrogens is 340 g/mol. The number of carbonyl (C=O) groups excluding carboxylic acids is 2. The van der Waals surface area contributed by atoms with Crippen LogP contribution in [0.2, 0.25) is 0 Å². The molecule has 0 radical (unpaired) electrons. The minimum atomic E-state index is -0.311. The Kier molecular flexibility index (Phi) is 4.90. The minimum Gasteiger partial charge on any atom is -0.467 e. The van der Waals surface area contributed by atoms with Gasteiger partial charge in [0.05, 0.1) is 5.39 Å². The third-order valence-electron chi connectivity index (χ3n) is 3.39. The van der Waals surface area contributed by atoms with E-state index in [2.05, 4.69) is 15.3 Å². The van der Waals surface area contributed by atoms with Crippen LogP contribution in [-0.4, -0.2) is 47.4 Å². The molecule has 0 aliphatic rings. The van der Waals surface area contributed by atoms with Crippen LogP contribution in [0.3, 0.4) is 0 Å². The molecule has 0 aliphatic carbocycles. The number of hydrogen-bond donors (Lipinski definition) is 1.